The molecule has 1 amide bonds. The second-order valence-electron chi connectivity index (χ2n) is 5.96. The van der Waals surface area contributed by atoms with Gasteiger partial charge < -0.3 is 14.8 Å². The summed E-state index contributed by atoms with van der Waals surface area (Å²) in [5, 5.41) is 3.85. The number of hydrogen-bond acceptors (Lipinski definition) is 6. The second-order valence-corrected chi connectivity index (χ2v) is 8.08. The van der Waals surface area contributed by atoms with Crippen LogP contribution in [-0.2, 0) is 0 Å². The lowest BCUT2D eigenvalue weighted by molar-refractivity contribution is 0.103. The van der Waals surface area contributed by atoms with Gasteiger partial charge in [-0.15, -0.1) is 22.7 Å². The maximum Gasteiger partial charge on any atom is 0.265 e. The van der Waals surface area contributed by atoms with Crippen LogP contribution < -0.4 is 14.8 Å². The summed E-state index contributed by atoms with van der Waals surface area (Å²) in [6, 6.07) is 17.2. The molecule has 2 aromatic heterocycles. The number of amides is 1. The molecule has 0 saturated heterocycles. The molecule has 0 spiro atoms. The van der Waals surface area contributed by atoms with Crippen LogP contribution in [0.4, 0.5) is 5.69 Å². The SMILES string of the molecule is O=C(Nc1ccc2c(c1)OCCO2)c1ccc(-c2nc3ccccc3s2)s1. The predicted molar refractivity (Wildman–Crippen MR) is 108 cm³/mol. The van der Waals surface area contributed by atoms with E-state index in [1.807, 2.05) is 42.5 Å². The van der Waals surface area contributed by atoms with Crippen LogP contribution in [0, 0.1) is 0 Å². The summed E-state index contributed by atoms with van der Waals surface area (Å²) < 4.78 is 12.2. The van der Waals surface area contributed by atoms with Gasteiger partial charge in [0.15, 0.2) is 11.5 Å². The molecule has 134 valence electrons. The first kappa shape index (κ1) is 16.3. The fourth-order valence-electron chi connectivity index (χ4n) is 2.87. The number of ether oxygens (including phenoxy) is 2. The number of benzene rings is 2. The Balaban J connectivity index is 1.37. The van der Waals surface area contributed by atoms with Gasteiger partial charge in [-0.3, -0.25) is 4.79 Å². The van der Waals surface area contributed by atoms with Gasteiger partial charge in [-0.1, -0.05) is 12.1 Å². The van der Waals surface area contributed by atoms with Crippen molar-refractivity contribution in [3.05, 3.63) is 59.5 Å². The van der Waals surface area contributed by atoms with Crippen LogP contribution in [0.1, 0.15) is 9.67 Å². The van der Waals surface area contributed by atoms with Crippen LogP contribution in [0.25, 0.3) is 20.1 Å². The summed E-state index contributed by atoms with van der Waals surface area (Å²) in [6.45, 7) is 1.06. The van der Waals surface area contributed by atoms with Gasteiger partial charge in [-0.2, -0.15) is 0 Å². The minimum absolute atomic E-state index is 0.149. The minimum atomic E-state index is -0.149. The van der Waals surface area contributed by atoms with Gasteiger partial charge in [0.1, 0.15) is 18.2 Å². The molecule has 5 rings (SSSR count). The number of rotatable bonds is 3. The van der Waals surface area contributed by atoms with Gasteiger partial charge in [-0.25, -0.2) is 4.98 Å². The molecule has 5 nitrogen and oxygen atoms in total. The van der Waals surface area contributed by atoms with Crippen molar-refractivity contribution in [2.45, 2.75) is 0 Å². The highest BCUT2D eigenvalue weighted by molar-refractivity contribution is 7.26. The fraction of sp³-hybridized carbons (Fsp3) is 0.100. The smallest absolute Gasteiger partial charge is 0.265 e. The molecule has 27 heavy (non-hydrogen) atoms. The Kier molecular flexibility index (Phi) is 4.03. The first-order valence-electron chi connectivity index (χ1n) is 8.43. The molecule has 0 saturated carbocycles. The highest BCUT2D eigenvalue weighted by atomic mass is 32.1. The Labute approximate surface area is 163 Å². The van der Waals surface area contributed by atoms with Gasteiger partial charge in [0.2, 0.25) is 0 Å². The number of thiazole rings is 1. The van der Waals surface area contributed by atoms with E-state index in [2.05, 4.69) is 16.4 Å². The lowest BCUT2D eigenvalue weighted by atomic mass is 10.2. The van der Waals surface area contributed by atoms with Crippen LogP contribution in [0.2, 0.25) is 0 Å². The summed E-state index contributed by atoms with van der Waals surface area (Å²) in [5.74, 6) is 1.21. The summed E-state index contributed by atoms with van der Waals surface area (Å²) in [6.07, 6.45) is 0. The maximum atomic E-state index is 12.6. The van der Waals surface area contributed by atoms with Crippen LogP contribution in [0.15, 0.2) is 54.6 Å². The standard InChI is InChI=1S/C20H14N2O3S2/c23-19(21-12-5-6-14-15(11-12)25-10-9-24-14)17-7-8-18(26-17)20-22-13-3-1-2-4-16(13)27-20/h1-8,11H,9-10H2,(H,21,23). The van der Waals surface area contributed by atoms with Crippen molar-refractivity contribution in [2.75, 3.05) is 18.5 Å². The predicted octanol–water partition coefficient (Wildman–Crippen LogP) is 5.05. The fourth-order valence-corrected chi connectivity index (χ4v) is 4.79. The number of carbonyl (C=O) groups is 1. The Bertz CT molecular complexity index is 1120. The minimum Gasteiger partial charge on any atom is -0.486 e. The molecule has 1 aliphatic rings. The van der Waals surface area contributed by atoms with Crippen molar-refractivity contribution in [1.82, 2.24) is 4.98 Å². The number of para-hydroxylation sites is 1. The molecular formula is C20H14N2O3S2. The molecule has 2 aromatic carbocycles. The molecule has 0 atom stereocenters. The Morgan fingerprint density at radius 2 is 1.81 bits per heavy atom. The molecule has 1 aliphatic heterocycles. The van der Waals surface area contributed by atoms with E-state index in [0.29, 0.717) is 35.3 Å². The average Bonchev–Trinajstić information content (AvgIpc) is 3.35. The number of carbonyl (C=O) groups excluding carboxylic acids is 1. The molecule has 3 heterocycles. The van der Waals surface area contributed by atoms with E-state index in [-0.39, 0.29) is 5.91 Å². The van der Waals surface area contributed by atoms with E-state index in [1.54, 1.807) is 17.4 Å². The van der Waals surface area contributed by atoms with Crippen LogP contribution in [0.5, 0.6) is 11.5 Å². The maximum absolute atomic E-state index is 12.6. The monoisotopic (exact) mass is 394 g/mol. The van der Waals surface area contributed by atoms with E-state index in [9.17, 15) is 4.79 Å². The Morgan fingerprint density at radius 3 is 2.70 bits per heavy atom. The first-order chi connectivity index (χ1) is 13.3. The molecule has 7 heteroatoms. The molecule has 0 aliphatic carbocycles. The van der Waals surface area contributed by atoms with Gasteiger partial charge in [0.25, 0.3) is 5.91 Å². The highest BCUT2D eigenvalue weighted by Gasteiger charge is 2.16. The van der Waals surface area contributed by atoms with E-state index in [0.717, 1.165) is 20.1 Å². The van der Waals surface area contributed by atoms with Crippen molar-refractivity contribution in [1.29, 1.82) is 0 Å². The molecule has 0 radical (unpaired) electrons. The topological polar surface area (TPSA) is 60.5 Å². The molecular weight excluding hydrogens is 380 g/mol. The summed E-state index contributed by atoms with van der Waals surface area (Å²) in [7, 11) is 0. The van der Waals surface area contributed by atoms with E-state index in [1.165, 1.54) is 11.3 Å². The van der Waals surface area contributed by atoms with Gasteiger partial charge in [0.05, 0.1) is 20.0 Å². The summed E-state index contributed by atoms with van der Waals surface area (Å²) in [4.78, 5) is 18.9. The number of thiophene rings is 1. The molecule has 0 fully saturated rings. The normalized spacial score (nSPS) is 12.9. The van der Waals surface area contributed by atoms with Crippen molar-refractivity contribution in [3.8, 4) is 21.4 Å². The number of hydrogen-bond donors (Lipinski definition) is 1. The van der Waals surface area contributed by atoms with Crippen molar-refractivity contribution in [3.63, 3.8) is 0 Å². The van der Waals surface area contributed by atoms with E-state index < -0.39 is 0 Å². The zero-order valence-electron chi connectivity index (χ0n) is 14.1. The van der Waals surface area contributed by atoms with Crippen LogP contribution >= 0.6 is 22.7 Å². The van der Waals surface area contributed by atoms with Crippen molar-refractivity contribution < 1.29 is 14.3 Å². The van der Waals surface area contributed by atoms with Gasteiger partial charge in [0, 0.05) is 11.8 Å². The third-order valence-corrected chi connectivity index (χ3v) is 6.42. The Hall–Kier alpha value is -2.90. The number of anilines is 1. The quantitative estimate of drug-likeness (QED) is 0.528. The number of nitrogens with one attached hydrogen (secondary N) is 1. The second kappa shape index (κ2) is 6.68. The highest BCUT2D eigenvalue weighted by Crippen LogP contribution is 2.35. The van der Waals surface area contributed by atoms with Crippen LogP contribution in [-0.4, -0.2) is 24.1 Å². The third kappa shape index (κ3) is 3.15. The largest absolute Gasteiger partial charge is 0.486 e. The Morgan fingerprint density at radius 1 is 0.963 bits per heavy atom. The van der Waals surface area contributed by atoms with E-state index in [4.69, 9.17) is 9.47 Å². The molecule has 0 unspecified atom stereocenters. The third-order valence-electron chi connectivity index (χ3n) is 4.13. The molecule has 1 N–H and O–H groups in total. The molecule has 4 aromatic rings. The van der Waals surface area contributed by atoms with Crippen LogP contribution in [0.3, 0.4) is 0 Å². The number of fused-ring (bicyclic) bond motifs is 2. The number of aromatic nitrogens is 1. The van der Waals surface area contributed by atoms with E-state index >= 15 is 0 Å². The zero-order valence-corrected chi connectivity index (χ0v) is 15.7. The summed E-state index contributed by atoms with van der Waals surface area (Å²) in [5.41, 5.74) is 1.66. The zero-order chi connectivity index (χ0) is 18.2. The lowest BCUT2D eigenvalue weighted by Gasteiger charge is -2.18. The number of nitrogens with zero attached hydrogens (tertiary/aromatic N) is 1. The van der Waals surface area contributed by atoms with Crippen molar-refractivity contribution in [2.24, 2.45) is 0 Å². The van der Waals surface area contributed by atoms with Gasteiger partial charge in [-0.05, 0) is 36.4 Å². The molecule has 0 bridgehead atoms. The first-order valence-corrected chi connectivity index (χ1v) is 10.1. The lowest BCUT2D eigenvalue weighted by Crippen LogP contribution is -2.16. The summed E-state index contributed by atoms with van der Waals surface area (Å²) >= 11 is 3.07. The van der Waals surface area contributed by atoms with Crippen molar-refractivity contribution >= 4 is 44.5 Å². The average molecular weight is 394 g/mol. The van der Waals surface area contributed by atoms with Gasteiger partial charge >= 0.3 is 0 Å².